The van der Waals surface area contributed by atoms with Crippen LogP contribution in [0.15, 0.2) is 0 Å². The third kappa shape index (κ3) is 10.2. The van der Waals surface area contributed by atoms with Gasteiger partial charge in [-0.05, 0) is 0 Å². The molecule has 0 heterocycles. The molecule has 1 radical (unpaired) electrons. The van der Waals surface area contributed by atoms with E-state index in [-0.39, 0.29) is 60.3 Å². The fourth-order valence-corrected chi connectivity index (χ4v) is 0.479. The van der Waals surface area contributed by atoms with Crippen LogP contribution in [-0.2, 0) is 11.0 Å². The molecule has 11 heteroatoms. The molecule has 0 spiro atoms. The molecular weight excluding hydrogens is 390 g/mol. The molecular formula is C5H12EuF6O4+2. The molecule has 2 unspecified atom stereocenters. The Bertz CT molecular complexity index is 153. The van der Waals surface area contributed by atoms with Gasteiger partial charge in [-0.1, -0.05) is 0 Å². The molecule has 0 aliphatic heterocycles. The Morgan fingerprint density at radius 2 is 0.938 bits per heavy atom. The fraction of sp³-hybridized carbons (Fsp3) is 1.00. The molecule has 0 fully saturated rings. The number of aliphatic hydroxyl groups excluding tert-OH is 2. The minimum absolute atomic E-state index is 0. The second kappa shape index (κ2) is 9.00. The van der Waals surface area contributed by atoms with Crippen LogP contribution in [0.25, 0.3) is 0 Å². The van der Waals surface area contributed by atoms with Crippen LogP contribution in [0.2, 0.25) is 0 Å². The zero-order valence-electron chi connectivity index (χ0n) is 7.56. The van der Waals surface area contributed by atoms with Crippen LogP contribution >= 0.6 is 0 Å². The average molecular weight is 402 g/mol. The predicted octanol–water partition coefficient (Wildman–Crippen LogP) is -0.621. The number of alkyl halides is 6. The zero-order chi connectivity index (χ0) is 10.9. The zero-order valence-corrected chi connectivity index (χ0v) is 9.98. The summed E-state index contributed by atoms with van der Waals surface area (Å²) in [5, 5.41) is 16.3. The first-order chi connectivity index (χ1) is 5.55. The van der Waals surface area contributed by atoms with E-state index in [9.17, 15) is 26.3 Å². The van der Waals surface area contributed by atoms with Gasteiger partial charge < -0.3 is 21.2 Å². The maximum atomic E-state index is 11.5. The Kier molecular flexibility index (Phi) is 14.5. The second-order valence-electron chi connectivity index (χ2n) is 2.35. The van der Waals surface area contributed by atoms with Gasteiger partial charge in [-0.2, -0.15) is 26.3 Å². The third-order valence-electron chi connectivity index (χ3n) is 1.20. The third-order valence-corrected chi connectivity index (χ3v) is 1.20. The van der Waals surface area contributed by atoms with Crippen LogP contribution in [0.1, 0.15) is 6.42 Å². The summed E-state index contributed by atoms with van der Waals surface area (Å²) in [4.78, 5) is 0. The topological polar surface area (TPSA) is 106 Å². The molecule has 4 nitrogen and oxygen atoms in total. The van der Waals surface area contributed by atoms with E-state index in [4.69, 9.17) is 10.2 Å². The van der Waals surface area contributed by atoms with Gasteiger partial charge in [0.05, 0.1) is 0 Å². The van der Waals surface area contributed by atoms with Gasteiger partial charge in [0.2, 0.25) is 0 Å². The van der Waals surface area contributed by atoms with Crippen molar-refractivity contribution in [1.82, 2.24) is 0 Å². The normalized spacial score (nSPS) is 15.0. The summed E-state index contributed by atoms with van der Waals surface area (Å²) in [6, 6.07) is 0. The molecule has 0 aliphatic carbocycles. The van der Waals surface area contributed by atoms with Crippen LogP contribution in [0, 0.1) is 49.4 Å². The van der Waals surface area contributed by atoms with Gasteiger partial charge in [0.1, 0.15) is 0 Å². The molecule has 0 rings (SSSR count). The van der Waals surface area contributed by atoms with E-state index >= 15 is 0 Å². The first-order valence-corrected chi connectivity index (χ1v) is 3.04. The SMILES string of the molecule is OC(CC(O)C(F)(F)F)C(F)(F)F.[Eu].[OH3+].[OH3+]. The van der Waals surface area contributed by atoms with Crippen LogP contribution < -0.4 is 0 Å². The van der Waals surface area contributed by atoms with E-state index in [0.29, 0.717) is 0 Å². The van der Waals surface area contributed by atoms with Crippen molar-refractivity contribution in [3.05, 3.63) is 0 Å². The van der Waals surface area contributed by atoms with Gasteiger partial charge in [0.25, 0.3) is 0 Å². The molecule has 0 amide bonds. The molecule has 0 aromatic heterocycles. The van der Waals surface area contributed by atoms with E-state index in [0.717, 1.165) is 0 Å². The standard InChI is InChI=1S/C5H6F6O2.Eu.2H2O/c6-4(7,8)2(12)1-3(13)5(9,10)11;;;/h2-3,12-13H,1H2;;2*1H2/p+2. The quantitative estimate of drug-likeness (QED) is 0.475. The van der Waals surface area contributed by atoms with Crippen molar-refractivity contribution in [3.63, 3.8) is 0 Å². The Balaban J connectivity index is -0.000000240. The molecule has 103 valence electrons. The Morgan fingerprint density at radius 3 is 1.06 bits per heavy atom. The maximum absolute atomic E-state index is 11.5. The summed E-state index contributed by atoms with van der Waals surface area (Å²) >= 11 is 0. The summed E-state index contributed by atoms with van der Waals surface area (Å²) in [6.45, 7) is 0. The van der Waals surface area contributed by atoms with Crippen molar-refractivity contribution in [2.45, 2.75) is 31.0 Å². The van der Waals surface area contributed by atoms with E-state index in [1.807, 2.05) is 0 Å². The average Bonchev–Trinajstić information content (AvgIpc) is 1.82. The summed E-state index contributed by atoms with van der Waals surface area (Å²) in [7, 11) is 0. The molecule has 2 atom stereocenters. The molecule has 0 saturated heterocycles. The number of halogens is 6. The Hall–Kier alpha value is 1.00. The molecule has 0 bridgehead atoms. The minimum Gasteiger partial charge on any atom is -0.457 e. The first-order valence-electron chi connectivity index (χ1n) is 3.04. The molecule has 0 aliphatic rings. The van der Waals surface area contributed by atoms with Crippen molar-refractivity contribution in [2.75, 3.05) is 0 Å². The van der Waals surface area contributed by atoms with Gasteiger partial charge in [-0.3, -0.25) is 0 Å². The number of rotatable bonds is 2. The van der Waals surface area contributed by atoms with Crippen LogP contribution in [0.5, 0.6) is 0 Å². The number of aliphatic hydroxyl groups is 2. The van der Waals surface area contributed by atoms with Gasteiger partial charge in [-0.15, -0.1) is 0 Å². The molecule has 0 aromatic carbocycles. The smallest absolute Gasteiger partial charge is 0.414 e. The number of hydrogen-bond donors (Lipinski definition) is 2. The van der Waals surface area contributed by atoms with Gasteiger partial charge >= 0.3 is 12.4 Å². The summed E-state index contributed by atoms with van der Waals surface area (Å²) in [5.74, 6) is 0. The molecule has 0 saturated carbocycles. The minimum atomic E-state index is -5.15. The first kappa shape index (κ1) is 25.8. The number of hydrogen-bond acceptors (Lipinski definition) is 2. The van der Waals surface area contributed by atoms with Crippen molar-refractivity contribution in [2.24, 2.45) is 0 Å². The maximum Gasteiger partial charge on any atom is 0.414 e. The van der Waals surface area contributed by atoms with E-state index < -0.39 is 31.0 Å². The van der Waals surface area contributed by atoms with Crippen LogP contribution in [0.3, 0.4) is 0 Å². The van der Waals surface area contributed by atoms with Crippen molar-refractivity contribution < 1.29 is 96.9 Å². The largest absolute Gasteiger partial charge is 0.457 e. The molecule has 16 heavy (non-hydrogen) atoms. The van der Waals surface area contributed by atoms with E-state index in [1.165, 1.54) is 0 Å². The fourth-order valence-electron chi connectivity index (χ4n) is 0.479. The molecule has 0 aromatic rings. The van der Waals surface area contributed by atoms with Crippen molar-refractivity contribution in [1.29, 1.82) is 0 Å². The van der Waals surface area contributed by atoms with Crippen LogP contribution in [0.4, 0.5) is 26.3 Å². The summed E-state index contributed by atoms with van der Waals surface area (Å²) in [6.07, 6.45) is -18.4. The second-order valence-corrected chi connectivity index (χ2v) is 2.35. The van der Waals surface area contributed by atoms with E-state index in [1.54, 1.807) is 0 Å². The summed E-state index contributed by atoms with van der Waals surface area (Å²) in [5.41, 5.74) is 0. The van der Waals surface area contributed by atoms with E-state index in [2.05, 4.69) is 0 Å². The van der Waals surface area contributed by atoms with Gasteiger partial charge in [0.15, 0.2) is 12.2 Å². The van der Waals surface area contributed by atoms with Crippen molar-refractivity contribution in [3.8, 4) is 0 Å². The Labute approximate surface area is 127 Å². The summed E-state index contributed by atoms with van der Waals surface area (Å²) < 4.78 is 68.8. The van der Waals surface area contributed by atoms with Crippen LogP contribution in [-0.4, -0.2) is 34.8 Å². The molecule has 8 N–H and O–H groups in total. The van der Waals surface area contributed by atoms with Gasteiger partial charge in [0, 0.05) is 55.8 Å². The van der Waals surface area contributed by atoms with Crippen molar-refractivity contribution >= 4 is 0 Å². The predicted molar refractivity (Wildman–Crippen MR) is 38.5 cm³/mol. The Morgan fingerprint density at radius 1 is 0.750 bits per heavy atom. The monoisotopic (exact) mass is 403 g/mol. The van der Waals surface area contributed by atoms with Gasteiger partial charge in [-0.25, -0.2) is 0 Å².